The van der Waals surface area contributed by atoms with Gasteiger partial charge >= 0.3 is 5.97 Å². The second-order valence-electron chi connectivity index (χ2n) is 3.92. The van der Waals surface area contributed by atoms with E-state index < -0.39 is 5.97 Å². The quantitative estimate of drug-likeness (QED) is 0.818. The van der Waals surface area contributed by atoms with Crippen molar-refractivity contribution in [2.45, 2.75) is 0 Å². The molecule has 0 heterocycles. The molecule has 0 atom stereocenters. The molecule has 0 spiro atoms. The molecule has 0 unspecified atom stereocenters. The van der Waals surface area contributed by atoms with Crippen LogP contribution < -0.4 is 4.74 Å². The smallest absolute Gasteiger partial charge is 0.328 e. The van der Waals surface area contributed by atoms with E-state index in [1.807, 2.05) is 0 Å². The maximum absolute atomic E-state index is 10.4. The lowest BCUT2D eigenvalue weighted by molar-refractivity contribution is -0.131. The van der Waals surface area contributed by atoms with E-state index in [-0.39, 0.29) is 0 Å². The summed E-state index contributed by atoms with van der Waals surface area (Å²) in [6.07, 6.45) is 2.58. The summed E-state index contributed by atoms with van der Waals surface area (Å²) in [5.74, 6) is 0.116. The molecule has 2 rings (SSSR count). The van der Waals surface area contributed by atoms with Gasteiger partial charge in [0.05, 0.1) is 5.02 Å². The molecule has 1 N–H and O–H groups in total. The Kier molecular flexibility index (Phi) is 4.66. The van der Waals surface area contributed by atoms with Gasteiger partial charge in [0.1, 0.15) is 11.5 Å². The summed E-state index contributed by atoms with van der Waals surface area (Å²) in [5.41, 5.74) is 0.766. The van der Waals surface area contributed by atoms with Crippen LogP contribution in [0.15, 0.2) is 48.5 Å². The number of rotatable bonds is 4. The molecule has 0 fully saturated rings. The largest absolute Gasteiger partial charge is 0.478 e. The van der Waals surface area contributed by atoms with Gasteiger partial charge in [0, 0.05) is 11.1 Å². The number of hydrogen-bond donors (Lipinski definition) is 1. The van der Waals surface area contributed by atoms with E-state index in [2.05, 4.69) is 0 Å². The second kappa shape index (κ2) is 6.46. The number of halogens is 2. The highest BCUT2D eigenvalue weighted by molar-refractivity contribution is 6.35. The molecule has 0 aliphatic rings. The molecule has 0 saturated heterocycles. The predicted molar refractivity (Wildman–Crippen MR) is 79.6 cm³/mol. The molecule has 0 radical (unpaired) electrons. The van der Waals surface area contributed by atoms with Crippen molar-refractivity contribution in [3.63, 3.8) is 0 Å². The van der Waals surface area contributed by atoms with E-state index in [1.165, 1.54) is 6.08 Å². The Bertz CT molecular complexity index is 649. The summed E-state index contributed by atoms with van der Waals surface area (Å²) in [4.78, 5) is 10.4. The summed E-state index contributed by atoms with van der Waals surface area (Å²) >= 11 is 11.8. The molecule has 20 heavy (non-hydrogen) atoms. The Morgan fingerprint density at radius 3 is 2.40 bits per heavy atom. The van der Waals surface area contributed by atoms with Crippen molar-refractivity contribution in [3.8, 4) is 11.5 Å². The maximum atomic E-state index is 10.4. The molecule has 0 amide bonds. The zero-order valence-electron chi connectivity index (χ0n) is 10.2. The standard InChI is InChI=1S/C15H10Cl2O3/c16-11-4-7-14(13(17)9-11)20-12-5-1-10(2-6-12)3-8-15(18)19/h1-9H,(H,18,19)/b8-3+. The number of aliphatic carboxylic acids is 1. The number of hydrogen-bond acceptors (Lipinski definition) is 2. The first-order valence-electron chi connectivity index (χ1n) is 5.68. The van der Waals surface area contributed by atoms with Crippen molar-refractivity contribution in [1.82, 2.24) is 0 Å². The highest BCUT2D eigenvalue weighted by atomic mass is 35.5. The first-order valence-corrected chi connectivity index (χ1v) is 6.44. The minimum atomic E-state index is -0.988. The van der Waals surface area contributed by atoms with Crippen LogP contribution in [-0.2, 0) is 4.79 Å². The normalized spacial score (nSPS) is 10.7. The van der Waals surface area contributed by atoms with E-state index in [1.54, 1.807) is 42.5 Å². The number of benzene rings is 2. The first-order chi connectivity index (χ1) is 9.54. The van der Waals surface area contributed by atoms with E-state index in [0.29, 0.717) is 21.5 Å². The molecule has 2 aromatic carbocycles. The fourth-order valence-corrected chi connectivity index (χ4v) is 1.95. The highest BCUT2D eigenvalue weighted by Gasteiger charge is 2.03. The van der Waals surface area contributed by atoms with Crippen LogP contribution in [-0.4, -0.2) is 11.1 Å². The van der Waals surface area contributed by atoms with E-state index in [4.69, 9.17) is 33.0 Å². The molecule has 102 valence electrons. The SMILES string of the molecule is O=C(O)/C=C/c1ccc(Oc2ccc(Cl)cc2Cl)cc1. The predicted octanol–water partition coefficient (Wildman–Crippen LogP) is 4.88. The lowest BCUT2D eigenvalue weighted by Crippen LogP contribution is -1.87. The Hall–Kier alpha value is -1.97. The highest BCUT2D eigenvalue weighted by Crippen LogP contribution is 2.31. The number of ether oxygens (including phenoxy) is 1. The van der Waals surface area contributed by atoms with Gasteiger partial charge in [-0.2, -0.15) is 0 Å². The van der Waals surface area contributed by atoms with Gasteiger partial charge < -0.3 is 9.84 Å². The molecular formula is C15H10Cl2O3. The van der Waals surface area contributed by atoms with Gasteiger partial charge in [-0.15, -0.1) is 0 Å². The van der Waals surface area contributed by atoms with Gasteiger partial charge in [0.2, 0.25) is 0 Å². The van der Waals surface area contributed by atoms with Crippen LogP contribution in [0, 0.1) is 0 Å². The van der Waals surface area contributed by atoms with Gasteiger partial charge in [0.15, 0.2) is 0 Å². The van der Waals surface area contributed by atoms with Gasteiger partial charge in [-0.1, -0.05) is 35.3 Å². The Balaban J connectivity index is 2.12. The minimum absolute atomic E-state index is 0.423. The van der Waals surface area contributed by atoms with Crippen LogP contribution >= 0.6 is 23.2 Å². The average molecular weight is 309 g/mol. The minimum Gasteiger partial charge on any atom is -0.478 e. The molecule has 2 aromatic rings. The topological polar surface area (TPSA) is 46.5 Å². The molecule has 0 aliphatic carbocycles. The molecule has 5 heteroatoms. The molecule has 0 aliphatic heterocycles. The summed E-state index contributed by atoms with van der Waals surface area (Å²) in [7, 11) is 0. The van der Waals surface area contributed by atoms with Crippen LogP contribution in [0.1, 0.15) is 5.56 Å². The number of carboxylic acids is 1. The molecular weight excluding hydrogens is 299 g/mol. The third-order valence-corrected chi connectivity index (χ3v) is 2.95. The third kappa shape index (κ3) is 4.02. The van der Waals surface area contributed by atoms with Crippen LogP contribution in [0.4, 0.5) is 0 Å². The van der Waals surface area contributed by atoms with Crippen molar-refractivity contribution >= 4 is 35.2 Å². The molecule has 3 nitrogen and oxygen atoms in total. The lowest BCUT2D eigenvalue weighted by Gasteiger charge is -2.07. The summed E-state index contributed by atoms with van der Waals surface area (Å²) in [6.45, 7) is 0. The van der Waals surface area contributed by atoms with Crippen LogP contribution in [0.25, 0.3) is 6.08 Å². The van der Waals surface area contributed by atoms with Crippen molar-refractivity contribution in [2.75, 3.05) is 0 Å². The molecule has 0 aromatic heterocycles. The fraction of sp³-hybridized carbons (Fsp3) is 0. The van der Waals surface area contributed by atoms with Crippen molar-refractivity contribution < 1.29 is 14.6 Å². The Morgan fingerprint density at radius 1 is 1.10 bits per heavy atom. The maximum Gasteiger partial charge on any atom is 0.328 e. The lowest BCUT2D eigenvalue weighted by atomic mass is 10.2. The zero-order chi connectivity index (χ0) is 14.5. The monoisotopic (exact) mass is 308 g/mol. The Morgan fingerprint density at radius 2 is 1.80 bits per heavy atom. The van der Waals surface area contributed by atoms with Gasteiger partial charge in [0.25, 0.3) is 0 Å². The third-order valence-electron chi connectivity index (χ3n) is 2.42. The number of carbonyl (C=O) groups is 1. The van der Waals surface area contributed by atoms with Gasteiger partial charge in [-0.05, 0) is 42.0 Å². The van der Waals surface area contributed by atoms with E-state index >= 15 is 0 Å². The zero-order valence-corrected chi connectivity index (χ0v) is 11.7. The summed E-state index contributed by atoms with van der Waals surface area (Å²) < 4.78 is 5.61. The first kappa shape index (κ1) is 14.4. The fourth-order valence-electron chi connectivity index (χ4n) is 1.50. The van der Waals surface area contributed by atoms with Crippen LogP contribution in [0.5, 0.6) is 11.5 Å². The summed E-state index contributed by atoms with van der Waals surface area (Å²) in [6, 6.07) is 11.9. The molecule has 0 bridgehead atoms. The number of carboxylic acid groups (broad SMARTS) is 1. The van der Waals surface area contributed by atoms with Crippen molar-refractivity contribution in [3.05, 3.63) is 64.1 Å². The van der Waals surface area contributed by atoms with Gasteiger partial charge in [-0.25, -0.2) is 4.79 Å². The van der Waals surface area contributed by atoms with Crippen LogP contribution in [0.2, 0.25) is 10.0 Å². The van der Waals surface area contributed by atoms with Crippen molar-refractivity contribution in [1.29, 1.82) is 0 Å². The molecule has 0 saturated carbocycles. The summed E-state index contributed by atoms with van der Waals surface area (Å²) in [5, 5.41) is 9.50. The van der Waals surface area contributed by atoms with Crippen LogP contribution in [0.3, 0.4) is 0 Å². The van der Waals surface area contributed by atoms with E-state index in [0.717, 1.165) is 11.6 Å². The van der Waals surface area contributed by atoms with Crippen molar-refractivity contribution in [2.24, 2.45) is 0 Å². The second-order valence-corrected chi connectivity index (χ2v) is 4.76. The van der Waals surface area contributed by atoms with Gasteiger partial charge in [-0.3, -0.25) is 0 Å². The Labute approximate surface area is 126 Å². The van der Waals surface area contributed by atoms with E-state index in [9.17, 15) is 4.79 Å². The average Bonchev–Trinajstić information content (AvgIpc) is 2.41.